The number of rotatable bonds is 6. The van der Waals surface area contributed by atoms with Crippen LogP contribution in [0.15, 0.2) is 0 Å². The van der Waals surface area contributed by atoms with Gasteiger partial charge in [0.15, 0.2) is 0 Å². The lowest BCUT2D eigenvalue weighted by molar-refractivity contribution is 0.303. The molecule has 96 valence electrons. The number of hydrogen-bond acceptors (Lipinski definition) is 7. The van der Waals surface area contributed by atoms with E-state index in [-0.39, 0.29) is 12.6 Å². The monoisotopic (exact) mass is 240 g/mol. The van der Waals surface area contributed by atoms with E-state index in [4.69, 9.17) is 10.8 Å². The van der Waals surface area contributed by atoms with E-state index >= 15 is 0 Å². The molecule has 0 aliphatic carbocycles. The van der Waals surface area contributed by atoms with Crippen molar-refractivity contribution in [3.8, 4) is 0 Å². The van der Waals surface area contributed by atoms with Crippen LogP contribution in [0.3, 0.4) is 0 Å². The fourth-order valence-corrected chi connectivity index (χ4v) is 1.44. The van der Waals surface area contributed by atoms with Gasteiger partial charge in [0.1, 0.15) is 0 Å². The predicted octanol–water partition coefficient (Wildman–Crippen LogP) is -0.271. The Morgan fingerprint density at radius 2 is 1.71 bits per heavy atom. The molecule has 0 aliphatic rings. The van der Waals surface area contributed by atoms with Gasteiger partial charge >= 0.3 is 0 Å². The minimum Gasteiger partial charge on any atom is -0.395 e. The van der Waals surface area contributed by atoms with Crippen LogP contribution in [-0.2, 0) is 0 Å². The first-order valence-corrected chi connectivity index (χ1v) is 5.70. The van der Waals surface area contributed by atoms with E-state index < -0.39 is 0 Å². The van der Waals surface area contributed by atoms with E-state index in [9.17, 15) is 0 Å². The topological polar surface area (TPSA) is 91.4 Å². The third-order valence-electron chi connectivity index (χ3n) is 2.45. The third-order valence-corrected chi connectivity index (χ3v) is 2.45. The molecule has 0 amide bonds. The number of aromatic nitrogens is 3. The van der Waals surface area contributed by atoms with E-state index in [1.807, 2.05) is 18.7 Å². The van der Waals surface area contributed by atoms with E-state index in [2.05, 4.69) is 15.0 Å². The van der Waals surface area contributed by atoms with Crippen LogP contribution in [-0.4, -0.2) is 53.3 Å². The van der Waals surface area contributed by atoms with Crippen molar-refractivity contribution in [2.75, 3.05) is 48.8 Å². The van der Waals surface area contributed by atoms with Crippen molar-refractivity contribution >= 4 is 17.8 Å². The Morgan fingerprint density at radius 3 is 2.24 bits per heavy atom. The van der Waals surface area contributed by atoms with Crippen LogP contribution in [0.2, 0.25) is 0 Å². The number of anilines is 3. The van der Waals surface area contributed by atoms with Crippen LogP contribution in [0.5, 0.6) is 0 Å². The second kappa shape index (κ2) is 6.19. The van der Waals surface area contributed by atoms with Crippen LogP contribution in [0.4, 0.5) is 17.8 Å². The highest BCUT2D eigenvalue weighted by Crippen LogP contribution is 2.13. The van der Waals surface area contributed by atoms with Gasteiger partial charge in [0.25, 0.3) is 0 Å². The van der Waals surface area contributed by atoms with Gasteiger partial charge in [0.2, 0.25) is 17.8 Å². The molecule has 0 fully saturated rings. The molecule has 0 saturated heterocycles. The highest BCUT2D eigenvalue weighted by Gasteiger charge is 2.11. The average molecular weight is 240 g/mol. The Bertz CT molecular complexity index is 355. The van der Waals surface area contributed by atoms with Gasteiger partial charge in [-0.1, -0.05) is 0 Å². The van der Waals surface area contributed by atoms with Crippen molar-refractivity contribution in [2.45, 2.75) is 13.8 Å². The molecule has 0 atom stereocenters. The average Bonchev–Trinajstić information content (AvgIpc) is 2.30. The summed E-state index contributed by atoms with van der Waals surface area (Å²) in [5.74, 6) is 1.25. The van der Waals surface area contributed by atoms with Crippen molar-refractivity contribution in [3.05, 3.63) is 0 Å². The standard InChI is InChI=1S/C10H20N6O/c1-4-16(5-2)10-13-8(11)12-9(14-10)15(3)6-7-17/h17H,4-7H2,1-3H3,(H2,11,12,13,14). The molecule has 17 heavy (non-hydrogen) atoms. The van der Waals surface area contributed by atoms with Gasteiger partial charge in [0.05, 0.1) is 6.61 Å². The number of aliphatic hydroxyl groups excluding tert-OH is 1. The second-order valence-electron chi connectivity index (χ2n) is 3.61. The first-order chi connectivity index (χ1) is 8.12. The van der Waals surface area contributed by atoms with Crippen molar-refractivity contribution in [3.63, 3.8) is 0 Å². The summed E-state index contributed by atoms with van der Waals surface area (Å²) in [5.41, 5.74) is 5.66. The number of nitrogens with two attached hydrogens (primary N) is 1. The first-order valence-electron chi connectivity index (χ1n) is 5.70. The summed E-state index contributed by atoms with van der Waals surface area (Å²) in [6.45, 7) is 6.18. The summed E-state index contributed by atoms with van der Waals surface area (Å²) in [6.07, 6.45) is 0. The van der Waals surface area contributed by atoms with Gasteiger partial charge in [0, 0.05) is 26.7 Å². The molecule has 0 saturated carbocycles. The predicted molar refractivity (Wildman–Crippen MR) is 68.2 cm³/mol. The number of nitrogens with zero attached hydrogens (tertiary/aromatic N) is 5. The summed E-state index contributed by atoms with van der Waals surface area (Å²) in [5, 5.41) is 8.88. The fraction of sp³-hybridized carbons (Fsp3) is 0.700. The molecule has 0 unspecified atom stereocenters. The van der Waals surface area contributed by atoms with E-state index in [1.165, 1.54) is 0 Å². The maximum atomic E-state index is 8.88. The maximum absolute atomic E-state index is 8.88. The van der Waals surface area contributed by atoms with Gasteiger partial charge in [-0.2, -0.15) is 15.0 Å². The molecule has 7 nitrogen and oxygen atoms in total. The molecule has 0 aliphatic heterocycles. The Morgan fingerprint density at radius 1 is 1.12 bits per heavy atom. The van der Waals surface area contributed by atoms with Crippen LogP contribution < -0.4 is 15.5 Å². The molecule has 1 aromatic rings. The fourth-order valence-electron chi connectivity index (χ4n) is 1.44. The Kier molecular flexibility index (Phi) is 4.89. The van der Waals surface area contributed by atoms with Crippen molar-refractivity contribution in [1.82, 2.24) is 15.0 Å². The van der Waals surface area contributed by atoms with Crippen LogP contribution in [0.25, 0.3) is 0 Å². The van der Waals surface area contributed by atoms with Gasteiger partial charge in [-0.05, 0) is 13.8 Å². The summed E-state index contributed by atoms with van der Waals surface area (Å²) < 4.78 is 0. The van der Waals surface area contributed by atoms with Crippen molar-refractivity contribution in [1.29, 1.82) is 0 Å². The minimum absolute atomic E-state index is 0.0443. The highest BCUT2D eigenvalue weighted by molar-refractivity contribution is 5.42. The van der Waals surface area contributed by atoms with Crippen molar-refractivity contribution < 1.29 is 5.11 Å². The zero-order valence-corrected chi connectivity index (χ0v) is 10.6. The number of nitrogen functional groups attached to an aromatic ring is 1. The van der Waals surface area contributed by atoms with E-state index in [1.54, 1.807) is 11.9 Å². The number of hydrogen-bond donors (Lipinski definition) is 2. The minimum atomic E-state index is 0.0443. The molecule has 3 N–H and O–H groups in total. The molecule has 0 aromatic carbocycles. The lowest BCUT2D eigenvalue weighted by Crippen LogP contribution is -2.28. The van der Waals surface area contributed by atoms with Gasteiger partial charge in [-0.15, -0.1) is 0 Å². The van der Waals surface area contributed by atoms with Crippen LogP contribution in [0, 0.1) is 0 Å². The molecular formula is C10H20N6O. The lowest BCUT2D eigenvalue weighted by Gasteiger charge is -2.21. The maximum Gasteiger partial charge on any atom is 0.231 e. The number of likely N-dealkylation sites (N-methyl/N-ethyl adjacent to an activating group) is 1. The molecule has 1 aromatic heterocycles. The van der Waals surface area contributed by atoms with Gasteiger partial charge in [-0.3, -0.25) is 0 Å². The third kappa shape index (κ3) is 3.42. The molecule has 1 heterocycles. The van der Waals surface area contributed by atoms with Crippen LogP contribution >= 0.6 is 0 Å². The Labute approximate surface area is 101 Å². The quantitative estimate of drug-likeness (QED) is 0.707. The normalized spacial score (nSPS) is 10.4. The summed E-state index contributed by atoms with van der Waals surface area (Å²) in [4.78, 5) is 16.2. The van der Waals surface area contributed by atoms with Crippen LogP contribution in [0.1, 0.15) is 13.8 Å². The number of aliphatic hydroxyl groups is 1. The molecule has 0 bridgehead atoms. The molecular weight excluding hydrogens is 220 g/mol. The first kappa shape index (κ1) is 13.4. The molecule has 0 radical (unpaired) electrons. The highest BCUT2D eigenvalue weighted by atomic mass is 16.3. The summed E-state index contributed by atoms with van der Waals surface area (Å²) in [6, 6.07) is 0. The summed E-state index contributed by atoms with van der Waals surface area (Å²) in [7, 11) is 1.80. The molecule has 7 heteroatoms. The van der Waals surface area contributed by atoms with Gasteiger partial charge in [-0.25, -0.2) is 0 Å². The largest absolute Gasteiger partial charge is 0.395 e. The lowest BCUT2D eigenvalue weighted by atomic mass is 10.5. The smallest absolute Gasteiger partial charge is 0.231 e. The Balaban J connectivity index is 3.00. The SMILES string of the molecule is CCN(CC)c1nc(N)nc(N(C)CCO)n1. The zero-order valence-electron chi connectivity index (χ0n) is 10.6. The summed E-state index contributed by atoms with van der Waals surface area (Å²) >= 11 is 0. The van der Waals surface area contributed by atoms with Crippen molar-refractivity contribution in [2.24, 2.45) is 0 Å². The molecule has 0 spiro atoms. The second-order valence-corrected chi connectivity index (χ2v) is 3.61. The zero-order chi connectivity index (χ0) is 12.8. The van der Waals surface area contributed by atoms with E-state index in [0.717, 1.165) is 13.1 Å². The Hall–Kier alpha value is -1.63. The molecule has 1 rings (SSSR count). The van der Waals surface area contributed by atoms with Gasteiger partial charge < -0.3 is 20.6 Å². The van der Waals surface area contributed by atoms with E-state index in [0.29, 0.717) is 18.4 Å².